The van der Waals surface area contributed by atoms with E-state index in [4.69, 9.17) is 11.6 Å². The molecule has 0 atom stereocenters. The maximum Gasteiger partial charge on any atom is 0.232 e. The summed E-state index contributed by atoms with van der Waals surface area (Å²) in [6, 6.07) is 0. The summed E-state index contributed by atoms with van der Waals surface area (Å²) < 4.78 is 39.8. The van der Waals surface area contributed by atoms with E-state index in [1.165, 1.54) is 19.2 Å². The second kappa shape index (κ2) is 10.5. The number of aliphatic imine (C=N–C) groups is 1. The van der Waals surface area contributed by atoms with Gasteiger partial charge in [-0.2, -0.15) is 0 Å². The number of aromatic hydroxyl groups is 1. The van der Waals surface area contributed by atoms with Crippen LogP contribution in [-0.2, 0) is 16.6 Å². The van der Waals surface area contributed by atoms with Gasteiger partial charge in [-0.15, -0.1) is 0 Å². The van der Waals surface area contributed by atoms with E-state index in [0.29, 0.717) is 6.29 Å². The molecule has 1 rings (SSSR count). The fourth-order valence-electron chi connectivity index (χ4n) is 2.98. The molecule has 7 nitrogen and oxygen atoms in total. The number of sulfonamides is 1. The molecular formula is C21H25ClFN3O4S. The second-order valence-corrected chi connectivity index (χ2v) is 9.15. The Balaban J connectivity index is 3.81. The molecule has 0 aliphatic rings. The number of anilines is 1. The summed E-state index contributed by atoms with van der Waals surface area (Å²) in [6.07, 6.45) is 3.97. The summed E-state index contributed by atoms with van der Waals surface area (Å²) in [5, 5.41) is 10.3. The van der Waals surface area contributed by atoms with E-state index in [0.717, 1.165) is 10.6 Å². The summed E-state index contributed by atoms with van der Waals surface area (Å²) in [5.41, 5.74) is 0.346. The highest BCUT2D eigenvalue weighted by molar-refractivity contribution is 7.92. The van der Waals surface area contributed by atoms with Gasteiger partial charge in [-0.1, -0.05) is 43.5 Å². The van der Waals surface area contributed by atoms with Crippen LogP contribution < -0.4 is 4.31 Å². The third-order valence-electron chi connectivity index (χ3n) is 4.53. The lowest BCUT2D eigenvalue weighted by Gasteiger charge is -2.28. The average Bonchev–Trinajstić information content (AvgIpc) is 2.69. The number of halogens is 2. The molecule has 0 spiro atoms. The topological polar surface area (TPSA) is 90.3 Å². The van der Waals surface area contributed by atoms with E-state index in [9.17, 15) is 22.7 Å². The first-order valence-corrected chi connectivity index (χ1v) is 11.0. The van der Waals surface area contributed by atoms with Crippen molar-refractivity contribution in [1.82, 2.24) is 4.90 Å². The van der Waals surface area contributed by atoms with Crippen LogP contribution in [-0.4, -0.2) is 58.3 Å². The van der Waals surface area contributed by atoms with Gasteiger partial charge in [0.15, 0.2) is 12.0 Å². The van der Waals surface area contributed by atoms with Crippen LogP contribution in [0, 0.1) is 0 Å². The predicted molar refractivity (Wildman–Crippen MR) is 126 cm³/mol. The first kappa shape index (κ1) is 26.3. The molecule has 0 saturated heterocycles. The fourth-order valence-corrected chi connectivity index (χ4v) is 3.64. The summed E-state index contributed by atoms with van der Waals surface area (Å²) in [4.78, 5) is 17.2. The molecule has 0 heterocycles. The van der Waals surface area contributed by atoms with E-state index in [-0.39, 0.29) is 51.8 Å². The molecule has 0 bridgehead atoms. The number of rotatable bonds is 11. The van der Waals surface area contributed by atoms with Crippen LogP contribution >= 0.6 is 11.6 Å². The molecule has 168 valence electrons. The van der Waals surface area contributed by atoms with Crippen molar-refractivity contribution in [2.75, 3.05) is 31.2 Å². The number of carbonyl (C=O) groups is 1. The van der Waals surface area contributed by atoms with Crippen molar-refractivity contribution < 1.29 is 22.7 Å². The smallest absolute Gasteiger partial charge is 0.232 e. The number of carbonyl (C=O) groups excluding carboxylic acids is 1. The van der Waals surface area contributed by atoms with Crippen LogP contribution in [0.4, 0.5) is 15.8 Å². The monoisotopic (exact) mass is 469 g/mol. The van der Waals surface area contributed by atoms with Gasteiger partial charge in [0.25, 0.3) is 0 Å². The van der Waals surface area contributed by atoms with Crippen molar-refractivity contribution in [3.05, 3.63) is 58.9 Å². The van der Waals surface area contributed by atoms with E-state index in [2.05, 4.69) is 31.4 Å². The Morgan fingerprint density at radius 1 is 1.29 bits per heavy atom. The Hall–Kier alpha value is -2.75. The zero-order chi connectivity index (χ0) is 24.1. The molecule has 0 unspecified atom stereocenters. The Kier molecular flexibility index (Phi) is 8.92. The molecule has 1 aromatic rings. The van der Waals surface area contributed by atoms with Crippen LogP contribution in [0.2, 0.25) is 0 Å². The Labute approximate surface area is 187 Å². The van der Waals surface area contributed by atoms with Gasteiger partial charge in [-0.3, -0.25) is 19.0 Å². The molecule has 0 aliphatic carbocycles. The molecule has 0 fully saturated rings. The number of allylic oxidation sites excluding steroid dienone is 2. The van der Waals surface area contributed by atoms with Crippen LogP contribution in [0.25, 0.3) is 6.08 Å². The number of benzene rings is 1. The zero-order valence-corrected chi connectivity index (χ0v) is 19.2. The van der Waals surface area contributed by atoms with Gasteiger partial charge in [0, 0.05) is 36.8 Å². The van der Waals surface area contributed by atoms with Crippen molar-refractivity contribution in [3.8, 4) is 5.75 Å². The Morgan fingerprint density at radius 3 is 2.26 bits per heavy atom. The molecule has 0 saturated carbocycles. The molecule has 0 amide bonds. The number of aldehydes is 1. The van der Waals surface area contributed by atoms with Gasteiger partial charge in [0.2, 0.25) is 10.0 Å². The van der Waals surface area contributed by atoms with Crippen LogP contribution in [0.15, 0.2) is 47.2 Å². The second-order valence-electron chi connectivity index (χ2n) is 6.68. The quantitative estimate of drug-likeness (QED) is 0.298. The molecular weight excluding hydrogens is 445 g/mol. The van der Waals surface area contributed by atoms with Crippen LogP contribution in [0.1, 0.15) is 21.5 Å². The lowest BCUT2D eigenvalue weighted by atomic mass is 9.97. The maximum atomic E-state index is 14.2. The number of nitrogens with zero attached hydrogens (tertiary/aromatic N) is 3. The van der Waals surface area contributed by atoms with Crippen molar-refractivity contribution in [2.45, 2.75) is 6.54 Å². The fraction of sp³-hybridized carbons (Fsp3) is 0.238. The first-order chi connectivity index (χ1) is 14.3. The van der Waals surface area contributed by atoms with E-state index in [1.54, 1.807) is 11.9 Å². The lowest BCUT2D eigenvalue weighted by Crippen LogP contribution is -2.29. The minimum absolute atomic E-state index is 0.00699. The number of likely N-dealkylation sites (N-methyl/N-ethyl adjacent to an activating group) is 1. The first-order valence-electron chi connectivity index (χ1n) is 8.79. The molecule has 0 radical (unpaired) electrons. The highest BCUT2D eigenvalue weighted by atomic mass is 35.5. The molecule has 10 heteroatoms. The van der Waals surface area contributed by atoms with Crippen LogP contribution in [0.3, 0.4) is 0 Å². The number of phenolic OH excluding ortho intramolecular Hbond substituents is 1. The van der Waals surface area contributed by atoms with Gasteiger partial charge in [0.05, 0.1) is 22.5 Å². The number of phenols is 1. The van der Waals surface area contributed by atoms with Crippen LogP contribution in [0.5, 0.6) is 5.75 Å². The van der Waals surface area contributed by atoms with Crippen molar-refractivity contribution in [3.63, 3.8) is 0 Å². The van der Waals surface area contributed by atoms with Gasteiger partial charge in [-0.05, 0) is 13.8 Å². The van der Waals surface area contributed by atoms with Gasteiger partial charge >= 0.3 is 0 Å². The molecule has 0 aromatic heterocycles. The number of hydrogen-bond acceptors (Lipinski definition) is 6. The van der Waals surface area contributed by atoms with Crippen molar-refractivity contribution >= 4 is 52.1 Å². The third kappa shape index (κ3) is 5.69. The molecule has 31 heavy (non-hydrogen) atoms. The summed E-state index contributed by atoms with van der Waals surface area (Å²) in [5.74, 6) is -1.21. The zero-order valence-electron chi connectivity index (χ0n) is 17.7. The molecule has 0 aliphatic heterocycles. The normalized spacial score (nSPS) is 12.2. The third-order valence-corrected chi connectivity index (χ3v) is 5.87. The minimum Gasteiger partial charge on any atom is -0.505 e. The van der Waals surface area contributed by atoms with E-state index >= 15 is 0 Å². The minimum atomic E-state index is -3.77. The van der Waals surface area contributed by atoms with Crippen molar-refractivity contribution in [2.24, 2.45) is 4.99 Å². The van der Waals surface area contributed by atoms with E-state index in [1.807, 2.05) is 0 Å². The largest absolute Gasteiger partial charge is 0.505 e. The summed E-state index contributed by atoms with van der Waals surface area (Å²) in [6.45, 7) is 13.9. The molecule has 1 aromatic carbocycles. The summed E-state index contributed by atoms with van der Waals surface area (Å²) >= 11 is 5.63. The lowest BCUT2D eigenvalue weighted by molar-refractivity contribution is 0.111. The highest BCUT2D eigenvalue weighted by Gasteiger charge is 2.28. The standard InChI is InChI=1S/C21H25ClFN3O4S/c1-8-14(18(23)13(3)22)10-25(5)11-16-17(12-27)21(28)19(24-4)15(9-2)20(16)26(6)31(7,29)30/h8-9,12,28H,1-4,10-11H2,5-7H3/b18-14-. The van der Waals surface area contributed by atoms with Gasteiger partial charge in [-0.25, -0.2) is 12.8 Å². The average molecular weight is 470 g/mol. The number of hydrogen-bond donors (Lipinski definition) is 1. The Morgan fingerprint density at radius 2 is 1.87 bits per heavy atom. The summed E-state index contributed by atoms with van der Waals surface area (Å²) in [7, 11) is -0.864. The molecule has 1 N–H and O–H groups in total. The van der Waals surface area contributed by atoms with Gasteiger partial charge in [0.1, 0.15) is 11.5 Å². The Bertz CT molecular complexity index is 1080. The van der Waals surface area contributed by atoms with Crippen molar-refractivity contribution in [1.29, 1.82) is 0 Å². The maximum absolute atomic E-state index is 14.2. The van der Waals surface area contributed by atoms with E-state index < -0.39 is 21.6 Å². The SMILES string of the molecule is C=C/C(CN(C)Cc1c(C=O)c(O)c(N=C)c(C=C)c1N(C)S(C)(=O)=O)=C(/F)C(=C)Cl. The highest BCUT2D eigenvalue weighted by Crippen LogP contribution is 2.44. The van der Waals surface area contributed by atoms with Gasteiger partial charge < -0.3 is 5.11 Å². The predicted octanol–water partition coefficient (Wildman–Crippen LogP) is 4.17.